The van der Waals surface area contributed by atoms with Gasteiger partial charge in [-0.15, -0.1) is 0 Å². The molecule has 2 nitrogen and oxygen atoms in total. The van der Waals surface area contributed by atoms with Crippen LogP contribution in [0.3, 0.4) is 0 Å². The maximum Gasteiger partial charge on any atom is 0.0617 e. The van der Waals surface area contributed by atoms with Gasteiger partial charge in [0.2, 0.25) is 0 Å². The first-order valence-electron chi connectivity index (χ1n) is 5.78. The Kier molecular flexibility index (Phi) is 5.68. The molecule has 14 heavy (non-hydrogen) atoms. The number of unbranched alkanes of at least 4 members (excludes halogenated alkanes) is 1. The second kappa shape index (κ2) is 5.72. The molecule has 0 amide bonds. The van der Waals surface area contributed by atoms with E-state index in [1.165, 1.54) is 0 Å². The van der Waals surface area contributed by atoms with Crippen molar-refractivity contribution in [3.8, 4) is 0 Å². The average Bonchev–Trinajstić information content (AvgIpc) is 2.13. The molecule has 0 rings (SSSR count). The third-order valence-electron chi connectivity index (χ3n) is 3.20. The van der Waals surface area contributed by atoms with E-state index in [-0.39, 0.29) is 0 Å². The van der Waals surface area contributed by atoms with Crippen molar-refractivity contribution in [2.45, 2.75) is 77.4 Å². The SMILES string of the molecule is CC[C@](C)(O)CCCC[C@](C)(O)CC. The molecule has 0 aromatic rings. The van der Waals surface area contributed by atoms with Gasteiger partial charge in [-0.25, -0.2) is 0 Å². The van der Waals surface area contributed by atoms with Crippen LogP contribution in [0, 0.1) is 0 Å². The average molecular weight is 202 g/mol. The van der Waals surface area contributed by atoms with Crippen molar-refractivity contribution in [3.63, 3.8) is 0 Å². The molecule has 0 unspecified atom stereocenters. The van der Waals surface area contributed by atoms with Gasteiger partial charge in [-0.1, -0.05) is 26.7 Å². The van der Waals surface area contributed by atoms with E-state index in [2.05, 4.69) is 0 Å². The van der Waals surface area contributed by atoms with Crippen LogP contribution in [-0.4, -0.2) is 21.4 Å². The highest BCUT2D eigenvalue weighted by atomic mass is 16.3. The molecule has 2 heteroatoms. The second-order valence-corrected chi connectivity index (χ2v) is 4.91. The fourth-order valence-corrected chi connectivity index (χ4v) is 1.37. The fourth-order valence-electron chi connectivity index (χ4n) is 1.37. The highest BCUT2D eigenvalue weighted by Gasteiger charge is 2.19. The van der Waals surface area contributed by atoms with E-state index in [1.807, 2.05) is 27.7 Å². The van der Waals surface area contributed by atoms with Crippen LogP contribution in [0.1, 0.15) is 66.2 Å². The third kappa shape index (κ3) is 6.39. The minimum absolute atomic E-state index is 0.516. The molecule has 0 aliphatic rings. The van der Waals surface area contributed by atoms with Crippen LogP contribution in [0.5, 0.6) is 0 Å². The summed E-state index contributed by atoms with van der Waals surface area (Å²) in [5.74, 6) is 0. The zero-order chi connectivity index (χ0) is 11.2. The zero-order valence-corrected chi connectivity index (χ0v) is 10.1. The topological polar surface area (TPSA) is 40.5 Å². The molecule has 2 N–H and O–H groups in total. The molecule has 0 aliphatic carbocycles. The van der Waals surface area contributed by atoms with Gasteiger partial charge in [-0.3, -0.25) is 0 Å². The van der Waals surface area contributed by atoms with E-state index in [9.17, 15) is 10.2 Å². The first-order valence-corrected chi connectivity index (χ1v) is 5.78. The predicted octanol–water partition coefficient (Wildman–Crippen LogP) is 2.87. The summed E-state index contributed by atoms with van der Waals surface area (Å²) in [4.78, 5) is 0. The molecule has 0 heterocycles. The first kappa shape index (κ1) is 13.9. The Hall–Kier alpha value is -0.0800. The summed E-state index contributed by atoms with van der Waals surface area (Å²) in [7, 11) is 0. The summed E-state index contributed by atoms with van der Waals surface area (Å²) in [6, 6.07) is 0. The van der Waals surface area contributed by atoms with Gasteiger partial charge in [-0.05, 0) is 39.5 Å². The molecule has 0 bridgehead atoms. The second-order valence-electron chi connectivity index (χ2n) is 4.91. The minimum atomic E-state index is -0.516. The van der Waals surface area contributed by atoms with Crippen LogP contribution >= 0.6 is 0 Å². The standard InChI is InChI=1S/C12H26O2/c1-5-11(3,13)9-7-8-10-12(4,14)6-2/h13-14H,5-10H2,1-4H3/t11-,12+. The summed E-state index contributed by atoms with van der Waals surface area (Å²) in [5.41, 5.74) is -1.03. The van der Waals surface area contributed by atoms with Crippen molar-refractivity contribution in [1.29, 1.82) is 0 Å². The highest BCUT2D eigenvalue weighted by Crippen LogP contribution is 2.22. The lowest BCUT2D eigenvalue weighted by molar-refractivity contribution is 0.0296. The van der Waals surface area contributed by atoms with Crippen molar-refractivity contribution in [1.82, 2.24) is 0 Å². The third-order valence-corrected chi connectivity index (χ3v) is 3.20. The van der Waals surface area contributed by atoms with Gasteiger partial charge in [0.1, 0.15) is 0 Å². The zero-order valence-electron chi connectivity index (χ0n) is 10.1. The lowest BCUT2D eigenvalue weighted by atomic mass is 9.91. The van der Waals surface area contributed by atoms with Crippen LogP contribution in [-0.2, 0) is 0 Å². The van der Waals surface area contributed by atoms with E-state index in [4.69, 9.17) is 0 Å². The van der Waals surface area contributed by atoms with Gasteiger partial charge in [0, 0.05) is 0 Å². The van der Waals surface area contributed by atoms with Crippen molar-refractivity contribution < 1.29 is 10.2 Å². The van der Waals surface area contributed by atoms with E-state index < -0.39 is 11.2 Å². The maximum absolute atomic E-state index is 9.75. The Morgan fingerprint density at radius 3 is 1.29 bits per heavy atom. The number of aliphatic hydroxyl groups is 2. The Balaban J connectivity index is 3.57. The van der Waals surface area contributed by atoms with Crippen molar-refractivity contribution in [3.05, 3.63) is 0 Å². The highest BCUT2D eigenvalue weighted by molar-refractivity contribution is 4.73. The van der Waals surface area contributed by atoms with Crippen molar-refractivity contribution in [2.75, 3.05) is 0 Å². The summed E-state index contributed by atoms with van der Waals surface area (Å²) < 4.78 is 0. The van der Waals surface area contributed by atoms with Crippen molar-refractivity contribution in [2.24, 2.45) is 0 Å². The van der Waals surface area contributed by atoms with Crippen molar-refractivity contribution >= 4 is 0 Å². The summed E-state index contributed by atoms with van der Waals surface area (Å²) in [5, 5.41) is 19.5. The van der Waals surface area contributed by atoms with Crippen LogP contribution in [0.25, 0.3) is 0 Å². The van der Waals surface area contributed by atoms with E-state index in [0.717, 1.165) is 38.5 Å². The van der Waals surface area contributed by atoms with Gasteiger partial charge < -0.3 is 10.2 Å². The molecular formula is C12H26O2. The molecule has 2 atom stereocenters. The number of rotatable bonds is 7. The lowest BCUT2D eigenvalue weighted by Gasteiger charge is -2.24. The molecule has 0 aromatic heterocycles. The molecule has 0 radical (unpaired) electrons. The molecule has 0 saturated heterocycles. The Bertz CT molecular complexity index is 132. The normalized spacial score (nSPS) is 20.1. The van der Waals surface area contributed by atoms with Crippen LogP contribution in [0.4, 0.5) is 0 Å². The van der Waals surface area contributed by atoms with Crippen LogP contribution in [0.2, 0.25) is 0 Å². The Morgan fingerprint density at radius 1 is 0.786 bits per heavy atom. The van der Waals surface area contributed by atoms with Gasteiger partial charge in [0.05, 0.1) is 11.2 Å². The smallest absolute Gasteiger partial charge is 0.0617 e. The molecule has 0 fully saturated rings. The molecular weight excluding hydrogens is 176 g/mol. The number of hydrogen-bond donors (Lipinski definition) is 2. The van der Waals surface area contributed by atoms with Gasteiger partial charge in [0.25, 0.3) is 0 Å². The lowest BCUT2D eigenvalue weighted by Crippen LogP contribution is -2.24. The Morgan fingerprint density at radius 2 is 1.07 bits per heavy atom. The molecule has 86 valence electrons. The first-order chi connectivity index (χ1) is 6.33. The fraction of sp³-hybridized carbons (Fsp3) is 1.00. The monoisotopic (exact) mass is 202 g/mol. The summed E-state index contributed by atoms with van der Waals surface area (Å²) >= 11 is 0. The van der Waals surface area contributed by atoms with E-state index in [1.54, 1.807) is 0 Å². The van der Waals surface area contributed by atoms with Gasteiger partial charge in [0.15, 0.2) is 0 Å². The summed E-state index contributed by atoms with van der Waals surface area (Å²) in [6.07, 6.45) is 5.27. The van der Waals surface area contributed by atoms with Crippen LogP contribution < -0.4 is 0 Å². The molecule has 0 saturated carbocycles. The van der Waals surface area contributed by atoms with E-state index in [0.29, 0.717) is 0 Å². The van der Waals surface area contributed by atoms with Gasteiger partial charge >= 0.3 is 0 Å². The summed E-state index contributed by atoms with van der Waals surface area (Å²) in [6.45, 7) is 7.76. The van der Waals surface area contributed by atoms with Gasteiger partial charge in [-0.2, -0.15) is 0 Å². The maximum atomic E-state index is 9.75. The Labute approximate surface area is 88.3 Å². The van der Waals surface area contributed by atoms with E-state index >= 15 is 0 Å². The largest absolute Gasteiger partial charge is 0.390 e. The van der Waals surface area contributed by atoms with Crippen LogP contribution in [0.15, 0.2) is 0 Å². The molecule has 0 spiro atoms. The molecule has 0 aromatic carbocycles. The minimum Gasteiger partial charge on any atom is -0.390 e. The quantitative estimate of drug-likeness (QED) is 0.623. The molecule has 0 aliphatic heterocycles. The predicted molar refractivity (Wildman–Crippen MR) is 60.3 cm³/mol. The number of hydrogen-bond acceptors (Lipinski definition) is 2.